The van der Waals surface area contributed by atoms with Crippen molar-refractivity contribution in [1.82, 2.24) is 5.48 Å². The third kappa shape index (κ3) is 5.75. The number of anilines is 1. The van der Waals surface area contributed by atoms with Crippen LogP contribution in [0, 0.1) is 17.2 Å². The van der Waals surface area contributed by atoms with Crippen molar-refractivity contribution in [1.29, 1.82) is 5.41 Å². The lowest BCUT2D eigenvalue weighted by atomic mass is 9.93. The second-order valence-corrected chi connectivity index (χ2v) is 7.88. The number of carbonyl (C=O) groups is 3. The predicted octanol–water partition coefficient (Wildman–Crippen LogP) is 2.54. The first kappa shape index (κ1) is 23.1. The Balaban J connectivity index is 1.52. The van der Waals surface area contributed by atoms with Crippen LogP contribution in [0.15, 0.2) is 47.3 Å². The minimum Gasteiger partial charge on any atom is -0.472 e. The van der Waals surface area contributed by atoms with Crippen LogP contribution in [-0.4, -0.2) is 30.2 Å². The number of piperidine rings is 1. The molecule has 1 saturated heterocycles. The number of benzene rings is 1. The molecule has 1 aromatic carbocycles. The fourth-order valence-corrected chi connectivity index (χ4v) is 3.76. The van der Waals surface area contributed by atoms with E-state index in [-0.39, 0.29) is 18.2 Å². The number of nitrogens with zero attached hydrogens (tertiary/aromatic N) is 1. The number of nitrogens with one attached hydrogen (secondary N) is 2. The van der Waals surface area contributed by atoms with Gasteiger partial charge in [0.15, 0.2) is 0 Å². The highest BCUT2D eigenvalue weighted by Gasteiger charge is 2.31. The molecule has 2 amide bonds. The molecule has 0 spiro atoms. The zero-order valence-corrected chi connectivity index (χ0v) is 18.0. The van der Waals surface area contributed by atoms with Gasteiger partial charge in [0.1, 0.15) is 5.84 Å². The third-order valence-electron chi connectivity index (χ3n) is 5.63. The van der Waals surface area contributed by atoms with E-state index in [2.05, 4.69) is 5.48 Å². The molecule has 1 aromatic heterocycles. The average Bonchev–Trinajstić information content (AvgIpc) is 3.30. The van der Waals surface area contributed by atoms with Crippen molar-refractivity contribution in [2.24, 2.45) is 17.6 Å². The van der Waals surface area contributed by atoms with Crippen molar-refractivity contribution in [2.75, 3.05) is 11.4 Å². The van der Waals surface area contributed by atoms with Crippen molar-refractivity contribution < 1.29 is 23.6 Å². The molecular weight excluding hydrogens is 412 g/mol. The summed E-state index contributed by atoms with van der Waals surface area (Å²) in [4.78, 5) is 44.2. The zero-order chi connectivity index (χ0) is 23.1. The molecule has 1 aliphatic rings. The molecular formula is C23H28N4O5. The van der Waals surface area contributed by atoms with Crippen LogP contribution in [0.25, 0.3) is 0 Å². The molecule has 170 valence electrons. The highest BCUT2D eigenvalue weighted by Crippen LogP contribution is 2.26. The van der Waals surface area contributed by atoms with Gasteiger partial charge < -0.3 is 19.9 Å². The van der Waals surface area contributed by atoms with Crippen molar-refractivity contribution in [2.45, 2.75) is 39.0 Å². The molecule has 1 aliphatic heterocycles. The number of rotatable bonds is 8. The van der Waals surface area contributed by atoms with Gasteiger partial charge in [-0.25, -0.2) is 4.79 Å². The van der Waals surface area contributed by atoms with Crippen LogP contribution < -0.4 is 16.1 Å². The Bertz CT molecular complexity index is 955. The van der Waals surface area contributed by atoms with Gasteiger partial charge in [0.2, 0.25) is 5.91 Å². The minimum atomic E-state index is -0.524. The number of hydroxylamine groups is 1. The molecule has 4 N–H and O–H groups in total. The lowest BCUT2D eigenvalue weighted by Gasteiger charge is -2.32. The van der Waals surface area contributed by atoms with E-state index >= 15 is 0 Å². The number of nitrogen functional groups attached to an aromatic ring is 1. The molecule has 2 heterocycles. The van der Waals surface area contributed by atoms with E-state index < -0.39 is 23.7 Å². The standard InChI is InChI=1S/C23H28N4O5/c1-2-16(12-15-9-11-31-14-15)23(30)32-26-20(28)13-18-4-3-10-27(22(18)29)19-7-5-17(6-8-19)21(24)25/h5-9,11,14,16,18H,2-4,10,12-13H2,1H3,(H3,24,25)(H,26,28). The van der Waals surface area contributed by atoms with Crippen molar-refractivity contribution in [3.8, 4) is 0 Å². The molecule has 9 nitrogen and oxygen atoms in total. The third-order valence-corrected chi connectivity index (χ3v) is 5.63. The van der Waals surface area contributed by atoms with Gasteiger partial charge in [0.25, 0.3) is 5.91 Å². The molecule has 0 aliphatic carbocycles. The lowest BCUT2D eigenvalue weighted by Crippen LogP contribution is -2.43. The van der Waals surface area contributed by atoms with Crippen molar-refractivity contribution in [3.63, 3.8) is 0 Å². The summed E-state index contributed by atoms with van der Waals surface area (Å²) in [6.07, 6.45) is 5.39. The number of furan rings is 1. The summed E-state index contributed by atoms with van der Waals surface area (Å²) in [5.74, 6) is -2.13. The normalized spacial score (nSPS) is 17.0. The van der Waals surface area contributed by atoms with Crippen LogP contribution in [0.3, 0.4) is 0 Å². The molecule has 0 radical (unpaired) electrons. The smallest absolute Gasteiger partial charge is 0.335 e. The van der Waals surface area contributed by atoms with E-state index in [1.165, 1.54) is 6.26 Å². The van der Waals surface area contributed by atoms with Crippen molar-refractivity contribution in [3.05, 3.63) is 54.0 Å². The molecule has 2 aromatic rings. The molecule has 0 bridgehead atoms. The van der Waals surface area contributed by atoms with E-state index in [1.54, 1.807) is 41.5 Å². The maximum absolute atomic E-state index is 12.9. The predicted molar refractivity (Wildman–Crippen MR) is 118 cm³/mol. The highest BCUT2D eigenvalue weighted by atomic mass is 16.7. The van der Waals surface area contributed by atoms with Gasteiger partial charge in [0.05, 0.1) is 18.4 Å². The SMILES string of the molecule is CCC(Cc1ccoc1)C(=O)ONC(=O)CC1CCCN(c2ccc(C(=N)N)cc2)C1=O. The van der Waals surface area contributed by atoms with Crippen LogP contribution in [0.4, 0.5) is 5.69 Å². The monoisotopic (exact) mass is 440 g/mol. The molecule has 3 rings (SSSR count). The zero-order valence-electron chi connectivity index (χ0n) is 18.0. The summed E-state index contributed by atoms with van der Waals surface area (Å²) in [6.45, 7) is 2.42. The molecule has 9 heteroatoms. The van der Waals surface area contributed by atoms with E-state index in [4.69, 9.17) is 20.4 Å². The van der Waals surface area contributed by atoms with Crippen LogP contribution >= 0.6 is 0 Å². The first-order valence-corrected chi connectivity index (χ1v) is 10.7. The summed E-state index contributed by atoms with van der Waals surface area (Å²) in [5, 5.41) is 7.47. The Morgan fingerprint density at radius 3 is 2.69 bits per heavy atom. The van der Waals surface area contributed by atoms with Gasteiger partial charge in [-0.05, 0) is 61.6 Å². The lowest BCUT2D eigenvalue weighted by molar-refractivity contribution is -0.162. The van der Waals surface area contributed by atoms with Gasteiger partial charge >= 0.3 is 5.97 Å². The summed E-state index contributed by atoms with van der Waals surface area (Å²) in [7, 11) is 0. The summed E-state index contributed by atoms with van der Waals surface area (Å²) in [5.41, 5.74) is 9.83. The summed E-state index contributed by atoms with van der Waals surface area (Å²) in [6, 6.07) is 8.64. The van der Waals surface area contributed by atoms with E-state index in [0.29, 0.717) is 37.1 Å². The van der Waals surface area contributed by atoms with Crippen LogP contribution in [-0.2, 0) is 25.6 Å². The Hall–Kier alpha value is -3.62. The minimum absolute atomic E-state index is 0.0410. The quantitative estimate of drug-likeness (QED) is 0.327. The maximum Gasteiger partial charge on any atom is 0.335 e. The van der Waals surface area contributed by atoms with Gasteiger partial charge in [-0.3, -0.25) is 15.0 Å². The number of hydrogen-bond donors (Lipinski definition) is 3. The highest BCUT2D eigenvalue weighted by molar-refractivity contribution is 5.99. The second-order valence-electron chi connectivity index (χ2n) is 7.88. The Kier molecular flexibility index (Phi) is 7.64. The van der Waals surface area contributed by atoms with Gasteiger partial charge in [-0.1, -0.05) is 6.92 Å². The van der Waals surface area contributed by atoms with Crippen LogP contribution in [0.1, 0.15) is 43.7 Å². The molecule has 0 saturated carbocycles. The van der Waals surface area contributed by atoms with E-state index in [9.17, 15) is 14.4 Å². The summed E-state index contributed by atoms with van der Waals surface area (Å²) >= 11 is 0. The Labute approximate surface area is 186 Å². The molecule has 1 fully saturated rings. The first-order valence-electron chi connectivity index (χ1n) is 10.7. The number of amidine groups is 1. The molecule has 2 atom stereocenters. The number of nitrogens with two attached hydrogens (primary N) is 1. The van der Waals surface area contributed by atoms with Gasteiger partial charge in [-0.2, -0.15) is 5.48 Å². The number of amides is 2. The summed E-state index contributed by atoms with van der Waals surface area (Å²) < 4.78 is 5.02. The Morgan fingerprint density at radius 1 is 1.31 bits per heavy atom. The van der Waals surface area contributed by atoms with E-state index in [1.807, 2.05) is 6.92 Å². The van der Waals surface area contributed by atoms with Crippen LogP contribution in [0.2, 0.25) is 0 Å². The fourth-order valence-electron chi connectivity index (χ4n) is 3.76. The first-order chi connectivity index (χ1) is 15.4. The average molecular weight is 441 g/mol. The number of carbonyl (C=O) groups excluding carboxylic acids is 3. The van der Waals surface area contributed by atoms with Gasteiger partial charge in [0, 0.05) is 30.1 Å². The second kappa shape index (κ2) is 10.6. The molecule has 32 heavy (non-hydrogen) atoms. The molecule has 2 unspecified atom stereocenters. The topological polar surface area (TPSA) is 139 Å². The van der Waals surface area contributed by atoms with Crippen molar-refractivity contribution >= 4 is 29.3 Å². The van der Waals surface area contributed by atoms with Crippen LogP contribution in [0.5, 0.6) is 0 Å². The van der Waals surface area contributed by atoms with E-state index in [0.717, 1.165) is 12.0 Å². The maximum atomic E-state index is 12.9. The number of hydrogen-bond acceptors (Lipinski definition) is 6. The largest absolute Gasteiger partial charge is 0.472 e. The van der Waals surface area contributed by atoms with Gasteiger partial charge in [-0.15, -0.1) is 0 Å². The Morgan fingerprint density at radius 2 is 2.06 bits per heavy atom. The fraction of sp³-hybridized carbons (Fsp3) is 0.391.